The third-order valence-electron chi connectivity index (χ3n) is 3.05. The molecule has 0 saturated heterocycles. The molecular weight excluding hydrogens is 212 g/mol. The fourth-order valence-corrected chi connectivity index (χ4v) is 2.19. The molecule has 2 N–H and O–H groups in total. The Morgan fingerprint density at radius 2 is 1.94 bits per heavy atom. The van der Waals surface area contributed by atoms with Gasteiger partial charge in [0, 0.05) is 23.1 Å². The Labute approximate surface area is 99.2 Å². The van der Waals surface area contributed by atoms with Crippen LogP contribution in [0, 0.1) is 0 Å². The molecule has 0 radical (unpaired) electrons. The molecule has 2 heterocycles. The zero-order valence-electron chi connectivity index (χ0n) is 9.45. The quantitative estimate of drug-likeness (QED) is 0.719. The molecule has 1 aromatic carbocycles. The van der Waals surface area contributed by atoms with Crippen LogP contribution >= 0.6 is 0 Å². The van der Waals surface area contributed by atoms with Crippen molar-refractivity contribution in [2.45, 2.75) is 6.92 Å². The summed E-state index contributed by atoms with van der Waals surface area (Å²) in [4.78, 5) is 15.1. The van der Waals surface area contributed by atoms with Gasteiger partial charge in [-0.05, 0) is 30.7 Å². The molecule has 1 amide bonds. The molecule has 0 unspecified atom stereocenters. The minimum absolute atomic E-state index is 0.0294. The van der Waals surface area contributed by atoms with Gasteiger partial charge in [-0.1, -0.05) is 18.2 Å². The number of hydrogen-bond donors (Lipinski definition) is 2. The van der Waals surface area contributed by atoms with Crippen molar-refractivity contribution in [1.82, 2.24) is 4.98 Å². The number of amides is 1. The van der Waals surface area contributed by atoms with Gasteiger partial charge in [0.1, 0.15) is 0 Å². The summed E-state index contributed by atoms with van der Waals surface area (Å²) >= 11 is 0. The predicted molar refractivity (Wildman–Crippen MR) is 68.4 cm³/mol. The normalized spacial score (nSPS) is 16.6. The maximum Gasteiger partial charge on any atom is 0.256 e. The van der Waals surface area contributed by atoms with Crippen molar-refractivity contribution < 1.29 is 4.79 Å². The van der Waals surface area contributed by atoms with E-state index in [1.54, 1.807) is 0 Å². The van der Waals surface area contributed by atoms with Gasteiger partial charge in [-0.3, -0.25) is 4.79 Å². The van der Waals surface area contributed by atoms with Crippen LogP contribution in [-0.4, -0.2) is 10.9 Å². The highest BCUT2D eigenvalue weighted by molar-refractivity contribution is 6.36. The van der Waals surface area contributed by atoms with Crippen LogP contribution in [0.5, 0.6) is 0 Å². The van der Waals surface area contributed by atoms with Gasteiger partial charge in [-0.2, -0.15) is 0 Å². The van der Waals surface area contributed by atoms with Gasteiger partial charge in [0.15, 0.2) is 0 Å². The van der Waals surface area contributed by atoms with Crippen LogP contribution in [0.3, 0.4) is 0 Å². The van der Waals surface area contributed by atoms with Crippen molar-refractivity contribution in [3.63, 3.8) is 0 Å². The maximum absolute atomic E-state index is 12.0. The number of rotatable bonds is 1. The smallest absolute Gasteiger partial charge is 0.256 e. The number of fused-ring (bicyclic) bond motifs is 1. The van der Waals surface area contributed by atoms with Gasteiger partial charge in [0.25, 0.3) is 5.91 Å². The number of allylic oxidation sites excluding steroid dienone is 1. The summed E-state index contributed by atoms with van der Waals surface area (Å²) in [6.45, 7) is 1.96. The number of aromatic amines is 1. The van der Waals surface area contributed by atoms with Crippen LogP contribution in [0.25, 0.3) is 11.1 Å². The molecule has 0 atom stereocenters. The minimum Gasteiger partial charge on any atom is -0.361 e. The number of carbonyl (C=O) groups is 1. The van der Waals surface area contributed by atoms with Gasteiger partial charge < -0.3 is 10.3 Å². The molecular formula is C14H12N2O. The number of para-hydroxylation sites is 1. The fraction of sp³-hybridized carbons (Fsp3) is 0.0714. The van der Waals surface area contributed by atoms with Gasteiger partial charge in [-0.15, -0.1) is 0 Å². The molecule has 84 valence electrons. The van der Waals surface area contributed by atoms with E-state index in [0.29, 0.717) is 0 Å². The van der Waals surface area contributed by atoms with Crippen LogP contribution in [0.4, 0.5) is 5.69 Å². The number of aromatic nitrogens is 1. The second-order valence-corrected chi connectivity index (χ2v) is 4.08. The number of benzene rings is 1. The zero-order valence-corrected chi connectivity index (χ0v) is 9.45. The largest absolute Gasteiger partial charge is 0.361 e. The molecule has 0 spiro atoms. The maximum atomic E-state index is 12.0. The Balaban J connectivity index is 2.22. The molecule has 3 nitrogen and oxygen atoms in total. The van der Waals surface area contributed by atoms with Crippen molar-refractivity contribution in [2.24, 2.45) is 0 Å². The topological polar surface area (TPSA) is 44.9 Å². The Hall–Kier alpha value is -2.29. The molecule has 2 aromatic rings. The molecule has 0 fully saturated rings. The van der Waals surface area contributed by atoms with Crippen LogP contribution < -0.4 is 5.32 Å². The third-order valence-corrected chi connectivity index (χ3v) is 3.05. The summed E-state index contributed by atoms with van der Waals surface area (Å²) in [7, 11) is 0. The Kier molecular flexibility index (Phi) is 2.11. The molecule has 0 aliphatic carbocycles. The molecule has 17 heavy (non-hydrogen) atoms. The first-order valence-corrected chi connectivity index (χ1v) is 5.53. The van der Waals surface area contributed by atoms with E-state index in [4.69, 9.17) is 0 Å². The monoisotopic (exact) mass is 224 g/mol. The van der Waals surface area contributed by atoms with Gasteiger partial charge >= 0.3 is 0 Å². The van der Waals surface area contributed by atoms with E-state index in [9.17, 15) is 4.79 Å². The molecule has 3 rings (SSSR count). The highest BCUT2D eigenvalue weighted by Crippen LogP contribution is 2.35. The number of hydrogen-bond acceptors (Lipinski definition) is 1. The summed E-state index contributed by atoms with van der Waals surface area (Å²) in [5.41, 5.74) is 4.57. The highest BCUT2D eigenvalue weighted by atomic mass is 16.2. The summed E-state index contributed by atoms with van der Waals surface area (Å²) in [5, 5.41) is 2.88. The van der Waals surface area contributed by atoms with E-state index in [-0.39, 0.29) is 5.91 Å². The van der Waals surface area contributed by atoms with E-state index < -0.39 is 0 Å². The number of anilines is 1. The summed E-state index contributed by atoms with van der Waals surface area (Å²) in [5.74, 6) is -0.0294. The van der Waals surface area contributed by atoms with Crippen molar-refractivity contribution >= 4 is 22.7 Å². The van der Waals surface area contributed by atoms with E-state index in [2.05, 4.69) is 10.3 Å². The number of carbonyl (C=O) groups excluding carboxylic acids is 1. The van der Waals surface area contributed by atoms with Gasteiger partial charge in [-0.25, -0.2) is 0 Å². The van der Waals surface area contributed by atoms with Crippen LogP contribution in [0.15, 0.2) is 42.6 Å². The molecule has 0 bridgehead atoms. The van der Waals surface area contributed by atoms with E-state index in [0.717, 1.165) is 28.1 Å². The Morgan fingerprint density at radius 1 is 1.12 bits per heavy atom. The van der Waals surface area contributed by atoms with Crippen molar-refractivity contribution in [3.05, 3.63) is 53.9 Å². The van der Waals surface area contributed by atoms with Crippen LogP contribution in [0.2, 0.25) is 0 Å². The third kappa shape index (κ3) is 1.47. The van der Waals surface area contributed by atoms with Gasteiger partial charge in [0.2, 0.25) is 0 Å². The van der Waals surface area contributed by atoms with E-state index in [1.165, 1.54) is 0 Å². The fourth-order valence-electron chi connectivity index (χ4n) is 2.19. The predicted octanol–water partition coefficient (Wildman–Crippen LogP) is 2.90. The highest BCUT2D eigenvalue weighted by Gasteiger charge is 2.25. The standard InChI is InChI=1S/C14H12N2O/c1-9(11-7-4-8-15-11)13-10-5-2-3-6-12(10)16-14(13)17/h2-8,15H,1H3,(H,16,17)/b13-9+. The first-order valence-electron chi connectivity index (χ1n) is 5.53. The van der Waals surface area contributed by atoms with Crippen molar-refractivity contribution in [1.29, 1.82) is 0 Å². The Bertz CT molecular complexity index is 609. The van der Waals surface area contributed by atoms with Crippen LogP contribution in [0.1, 0.15) is 18.2 Å². The lowest BCUT2D eigenvalue weighted by molar-refractivity contribution is -0.110. The molecule has 3 heteroatoms. The lowest BCUT2D eigenvalue weighted by Crippen LogP contribution is -2.05. The average molecular weight is 224 g/mol. The molecule has 0 saturated carbocycles. The minimum atomic E-state index is -0.0294. The zero-order chi connectivity index (χ0) is 11.8. The lowest BCUT2D eigenvalue weighted by Gasteiger charge is -2.03. The summed E-state index contributed by atoms with van der Waals surface area (Å²) < 4.78 is 0. The Morgan fingerprint density at radius 3 is 2.71 bits per heavy atom. The second-order valence-electron chi connectivity index (χ2n) is 4.08. The first kappa shape index (κ1) is 9.90. The SMILES string of the molecule is C/C(=C1\C(=O)Nc2ccccc21)c1ccc[nH]1. The first-order chi connectivity index (χ1) is 8.27. The number of H-pyrrole nitrogens is 1. The average Bonchev–Trinajstić information content (AvgIpc) is 2.94. The van der Waals surface area contributed by atoms with Crippen LogP contribution in [-0.2, 0) is 4.79 Å². The van der Waals surface area contributed by atoms with Crippen molar-refractivity contribution in [2.75, 3.05) is 5.32 Å². The molecule has 1 aliphatic rings. The molecule has 1 aliphatic heterocycles. The summed E-state index contributed by atoms with van der Waals surface area (Å²) in [6, 6.07) is 11.7. The number of nitrogens with one attached hydrogen (secondary N) is 2. The van der Waals surface area contributed by atoms with Crippen molar-refractivity contribution in [3.8, 4) is 0 Å². The van der Waals surface area contributed by atoms with Gasteiger partial charge in [0.05, 0.1) is 5.57 Å². The second kappa shape index (κ2) is 3.63. The lowest BCUT2D eigenvalue weighted by atomic mass is 10.0. The van der Waals surface area contributed by atoms with E-state index in [1.807, 2.05) is 49.5 Å². The summed E-state index contributed by atoms with van der Waals surface area (Å²) in [6.07, 6.45) is 1.86. The van der Waals surface area contributed by atoms with E-state index >= 15 is 0 Å². The molecule has 1 aromatic heterocycles.